The molecule has 0 aliphatic rings. The van der Waals surface area contributed by atoms with E-state index in [-0.39, 0.29) is 10.7 Å². The molecule has 23 heavy (non-hydrogen) atoms. The van der Waals surface area contributed by atoms with E-state index in [9.17, 15) is 8.42 Å². The van der Waals surface area contributed by atoms with E-state index in [1.165, 1.54) is 11.4 Å². The van der Waals surface area contributed by atoms with Crippen molar-refractivity contribution in [3.63, 3.8) is 0 Å². The summed E-state index contributed by atoms with van der Waals surface area (Å²) in [6, 6.07) is 8.98. The molecule has 3 aromatic rings. The SMILES string of the molecule is Cc1noc(C)c1S(=O)(=O)N(C)C(C)c1cc2ccccc2o1. The molecule has 1 unspecified atom stereocenters. The third-order valence-electron chi connectivity index (χ3n) is 4.01. The van der Waals surface area contributed by atoms with E-state index in [1.54, 1.807) is 20.8 Å². The second kappa shape index (κ2) is 5.50. The highest BCUT2D eigenvalue weighted by Crippen LogP contribution is 2.31. The van der Waals surface area contributed by atoms with Gasteiger partial charge in [-0.25, -0.2) is 8.42 Å². The maximum absolute atomic E-state index is 12.8. The number of nitrogens with zero attached hydrogens (tertiary/aromatic N) is 2. The van der Waals surface area contributed by atoms with Crippen LogP contribution in [0.25, 0.3) is 11.0 Å². The number of aryl methyl sites for hydroxylation is 2. The maximum atomic E-state index is 12.8. The number of hydrogen-bond acceptors (Lipinski definition) is 5. The Morgan fingerprint density at radius 2 is 1.91 bits per heavy atom. The lowest BCUT2D eigenvalue weighted by Gasteiger charge is -2.22. The Balaban J connectivity index is 2.00. The quantitative estimate of drug-likeness (QED) is 0.730. The van der Waals surface area contributed by atoms with Gasteiger partial charge in [-0.2, -0.15) is 4.31 Å². The van der Waals surface area contributed by atoms with E-state index >= 15 is 0 Å². The fraction of sp³-hybridized carbons (Fsp3) is 0.312. The fourth-order valence-electron chi connectivity index (χ4n) is 2.58. The van der Waals surface area contributed by atoms with Gasteiger partial charge < -0.3 is 8.94 Å². The van der Waals surface area contributed by atoms with Gasteiger partial charge in [-0.05, 0) is 32.9 Å². The molecule has 7 heteroatoms. The molecule has 0 saturated heterocycles. The van der Waals surface area contributed by atoms with Crippen LogP contribution in [0.15, 0.2) is 44.2 Å². The molecule has 1 atom stereocenters. The van der Waals surface area contributed by atoms with Crippen molar-refractivity contribution >= 4 is 21.0 Å². The summed E-state index contributed by atoms with van der Waals surface area (Å²) in [6.45, 7) is 4.99. The largest absolute Gasteiger partial charge is 0.459 e. The highest BCUT2D eigenvalue weighted by Gasteiger charge is 2.33. The third-order valence-corrected chi connectivity index (χ3v) is 6.18. The molecule has 2 aromatic heterocycles. The zero-order valence-corrected chi connectivity index (χ0v) is 14.2. The van der Waals surface area contributed by atoms with E-state index < -0.39 is 16.1 Å². The van der Waals surface area contributed by atoms with Gasteiger partial charge in [-0.15, -0.1) is 0 Å². The van der Waals surface area contributed by atoms with Crippen molar-refractivity contribution in [1.29, 1.82) is 0 Å². The van der Waals surface area contributed by atoms with Crippen LogP contribution >= 0.6 is 0 Å². The van der Waals surface area contributed by atoms with Gasteiger partial charge in [0.1, 0.15) is 21.9 Å². The molecule has 0 aliphatic carbocycles. The second-order valence-electron chi connectivity index (χ2n) is 5.54. The van der Waals surface area contributed by atoms with Crippen molar-refractivity contribution in [2.75, 3.05) is 7.05 Å². The lowest BCUT2D eigenvalue weighted by molar-refractivity contribution is 0.346. The first-order chi connectivity index (χ1) is 10.8. The summed E-state index contributed by atoms with van der Waals surface area (Å²) in [5.74, 6) is 0.871. The molecule has 0 spiro atoms. The molecule has 0 saturated carbocycles. The Hall–Kier alpha value is -2.12. The van der Waals surface area contributed by atoms with Crippen molar-refractivity contribution in [2.45, 2.75) is 31.7 Å². The summed E-state index contributed by atoms with van der Waals surface area (Å²) in [4.78, 5) is 0.114. The fourth-order valence-corrected chi connectivity index (χ4v) is 4.20. The van der Waals surface area contributed by atoms with E-state index in [0.717, 1.165) is 11.0 Å². The normalized spacial score (nSPS) is 13.8. The number of benzene rings is 1. The summed E-state index contributed by atoms with van der Waals surface area (Å²) in [5.41, 5.74) is 1.09. The van der Waals surface area contributed by atoms with Crippen LogP contribution in [-0.2, 0) is 10.0 Å². The van der Waals surface area contributed by atoms with Gasteiger partial charge >= 0.3 is 0 Å². The molecule has 1 aromatic carbocycles. The number of hydrogen-bond donors (Lipinski definition) is 0. The monoisotopic (exact) mass is 334 g/mol. The molecule has 122 valence electrons. The number of para-hydroxylation sites is 1. The summed E-state index contributed by atoms with van der Waals surface area (Å²) >= 11 is 0. The van der Waals surface area contributed by atoms with Gasteiger partial charge in [0.25, 0.3) is 0 Å². The Morgan fingerprint density at radius 1 is 1.22 bits per heavy atom. The predicted molar refractivity (Wildman–Crippen MR) is 85.6 cm³/mol. The number of rotatable bonds is 4. The first-order valence-electron chi connectivity index (χ1n) is 7.21. The Bertz CT molecular complexity index is 903. The molecule has 2 heterocycles. The molecular formula is C16H18N2O4S. The van der Waals surface area contributed by atoms with Crippen LogP contribution in [0.4, 0.5) is 0 Å². The van der Waals surface area contributed by atoms with Gasteiger partial charge in [0.15, 0.2) is 5.76 Å². The van der Waals surface area contributed by atoms with Crippen LogP contribution in [-0.4, -0.2) is 24.9 Å². The number of furan rings is 1. The molecule has 0 bridgehead atoms. The predicted octanol–water partition coefficient (Wildman–Crippen LogP) is 3.42. The Labute approximate surface area is 134 Å². The second-order valence-corrected chi connectivity index (χ2v) is 7.47. The van der Waals surface area contributed by atoms with Crippen LogP contribution in [0, 0.1) is 13.8 Å². The lowest BCUT2D eigenvalue weighted by Crippen LogP contribution is -2.30. The van der Waals surface area contributed by atoms with Crippen LogP contribution < -0.4 is 0 Å². The molecule has 0 amide bonds. The topological polar surface area (TPSA) is 76.6 Å². The molecular weight excluding hydrogens is 316 g/mol. The van der Waals surface area contributed by atoms with Gasteiger partial charge in [-0.3, -0.25) is 0 Å². The van der Waals surface area contributed by atoms with E-state index in [4.69, 9.17) is 8.94 Å². The Morgan fingerprint density at radius 3 is 2.52 bits per heavy atom. The van der Waals surface area contributed by atoms with Crippen molar-refractivity contribution in [1.82, 2.24) is 9.46 Å². The number of sulfonamides is 1. The van der Waals surface area contributed by atoms with Crippen LogP contribution in [0.5, 0.6) is 0 Å². The van der Waals surface area contributed by atoms with Gasteiger partial charge in [0, 0.05) is 12.4 Å². The molecule has 0 radical (unpaired) electrons. The zero-order chi connectivity index (χ0) is 16.8. The molecule has 3 rings (SSSR count). The highest BCUT2D eigenvalue weighted by atomic mass is 32.2. The minimum absolute atomic E-state index is 0.114. The molecule has 0 N–H and O–H groups in total. The van der Waals surface area contributed by atoms with E-state index in [0.29, 0.717) is 11.5 Å². The average molecular weight is 334 g/mol. The molecule has 0 fully saturated rings. The first-order valence-corrected chi connectivity index (χ1v) is 8.65. The van der Waals surface area contributed by atoms with Crippen molar-refractivity contribution in [3.8, 4) is 0 Å². The summed E-state index contributed by atoms with van der Waals surface area (Å²) in [7, 11) is -2.20. The van der Waals surface area contributed by atoms with Crippen LogP contribution in [0.1, 0.15) is 30.2 Å². The summed E-state index contributed by atoms with van der Waals surface area (Å²) in [5, 5.41) is 4.67. The highest BCUT2D eigenvalue weighted by molar-refractivity contribution is 7.89. The lowest BCUT2D eigenvalue weighted by atomic mass is 10.2. The van der Waals surface area contributed by atoms with Gasteiger partial charge in [0.2, 0.25) is 10.0 Å². The smallest absolute Gasteiger partial charge is 0.248 e. The van der Waals surface area contributed by atoms with Gasteiger partial charge in [-0.1, -0.05) is 23.4 Å². The van der Waals surface area contributed by atoms with E-state index in [1.807, 2.05) is 30.3 Å². The molecule has 0 aliphatic heterocycles. The van der Waals surface area contributed by atoms with Crippen molar-refractivity contribution in [3.05, 3.63) is 47.5 Å². The standard InChI is InChI=1S/C16H18N2O4S/c1-10-16(12(3)22-17-10)23(19,20)18(4)11(2)15-9-13-7-5-6-8-14(13)21-15/h5-9,11H,1-4H3. The van der Waals surface area contributed by atoms with Gasteiger partial charge in [0.05, 0.1) is 6.04 Å². The summed E-state index contributed by atoms with van der Waals surface area (Å²) < 4.78 is 37.7. The van der Waals surface area contributed by atoms with Crippen LogP contribution in [0.2, 0.25) is 0 Å². The summed E-state index contributed by atoms with van der Waals surface area (Å²) in [6.07, 6.45) is 0. The maximum Gasteiger partial charge on any atom is 0.248 e. The molecule has 6 nitrogen and oxygen atoms in total. The van der Waals surface area contributed by atoms with E-state index in [2.05, 4.69) is 5.16 Å². The Kier molecular flexibility index (Phi) is 3.77. The number of aromatic nitrogens is 1. The minimum Gasteiger partial charge on any atom is -0.459 e. The minimum atomic E-state index is -3.72. The third kappa shape index (κ3) is 2.55. The van der Waals surface area contributed by atoms with Crippen molar-refractivity contribution < 1.29 is 17.4 Å². The zero-order valence-electron chi connectivity index (χ0n) is 13.4. The average Bonchev–Trinajstić information content (AvgIpc) is 3.09. The van der Waals surface area contributed by atoms with Crippen LogP contribution in [0.3, 0.4) is 0 Å². The van der Waals surface area contributed by atoms with Crippen molar-refractivity contribution in [2.24, 2.45) is 0 Å². The number of fused-ring (bicyclic) bond motifs is 1. The first kappa shape index (κ1) is 15.8.